The largest absolute Gasteiger partial charge is 0.380 e. The zero-order valence-corrected chi connectivity index (χ0v) is 10.3. The van der Waals surface area contributed by atoms with E-state index in [2.05, 4.69) is 22.2 Å². The van der Waals surface area contributed by atoms with Crippen LogP contribution in [0.4, 0.5) is 5.82 Å². The van der Waals surface area contributed by atoms with Crippen LogP contribution in [-0.4, -0.2) is 43.1 Å². The summed E-state index contributed by atoms with van der Waals surface area (Å²) in [7, 11) is 3.72. The van der Waals surface area contributed by atoms with Gasteiger partial charge in [0.2, 0.25) is 0 Å². The van der Waals surface area contributed by atoms with Gasteiger partial charge in [0, 0.05) is 51.6 Å². The van der Waals surface area contributed by atoms with E-state index in [1.165, 1.54) is 11.3 Å². The average molecular weight is 224 g/mol. The smallest absolute Gasteiger partial charge is 0.156 e. The molecule has 1 aromatic heterocycles. The van der Waals surface area contributed by atoms with Gasteiger partial charge in [0.15, 0.2) is 5.82 Å². The number of hydrogen-bond donors (Lipinski definition) is 1. The van der Waals surface area contributed by atoms with E-state index in [0.717, 1.165) is 32.0 Å². The lowest BCUT2D eigenvalue weighted by Crippen LogP contribution is -2.44. The molecule has 90 valence electrons. The van der Waals surface area contributed by atoms with Gasteiger partial charge in [-0.05, 0) is 6.92 Å². The van der Waals surface area contributed by atoms with Crippen molar-refractivity contribution in [1.29, 1.82) is 0 Å². The predicted molar refractivity (Wildman–Crippen MR) is 63.7 cm³/mol. The van der Waals surface area contributed by atoms with Crippen molar-refractivity contribution in [2.24, 2.45) is 7.05 Å². The van der Waals surface area contributed by atoms with Crippen LogP contribution in [0, 0.1) is 6.92 Å². The van der Waals surface area contributed by atoms with Crippen LogP contribution in [0.25, 0.3) is 0 Å². The molecular weight excluding hydrogens is 204 g/mol. The Hall–Kier alpha value is -1.07. The molecule has 16 heavy (non-hydrogen) atoms. The quantitative estimate of drug-likeness (QED) is 0.801. The summed E-state index contributed by atoms with van der Waals surface area (Å²) in [4.78, 5) is 2.33. The Kier molecular flexibility index (Phi) is 3.46. The summed E-state index contributed by atoms with van der Waals surface area (Å²) >= 11 is 0. The van der Waals surface area contributed by atoms with E-state index in [4.69, 9.17) is 4.74 Å². The summed E-state index contributed by atoms with van der Waals surface area (Å²) in [6, 6.07) is 0. The Balaban J connectivity index is 2.27. The summed E-state index contributed by atoms with van der Waals surface area (Å²) in [6.45, 7) is 6.83. The maximum atomic E-state index is 5.26. The molecule has 0 saturated carbocycles. The van der Waals surface area contributed by atoms with E-state index in [1.54, 1.807) is 7.11 Å². The van der Waals surface area contributed by atoms with E-state index in [1.807, 2.05) is 11.7 Å². The molecule has 0 radical (unpaired) electrons. The topological polar surface area (TPSA) is 42.3 Å². The lowest BCUT2D eigenvalue weighted by Gasteiger charge is -2.28. The van der Waals surface area contributed by atoms with Crippen LogP contribution in [0.5, 0.6) is 0 Å². The second-order valence-corrected chi connectivity index (χ2v) is 4.18. The Labute approximate surface area is 96.4 Å². The minimum atomic E-state index is 0.638. The highest BCUT2D eigenvalue weighted by Gasteiger charge is 2.20. The standard InChI is InChI=1S/C11H20N4O/c1-9-10(8-16-3)11(13-14(9)2)15-6-4-12-5-7-15/h12H,4-8H2,1-3H3. The number of aromatic nitrogens is 2. The van der Waals surface area contributed by atoms with Crippen molar-refractivity contribution in [3.63, 3.8) is 0 Å². The van der Waals surface area contributed by atoms with Gasteiger partial charge in [0.05, 0.1) is 6.61 Å². The Morgan fingerprint density at radius 1 is 1.38 bits per heavy atom. The molecule has 1 fully saturated rings. The van der Waals surface area contributed by atoms with Crippen molar-refractivity contribution in [3.8, 4) is 0 Å². The molecule has 0 spiro atoms. The molecule has 2 rings (SSSR count). The van der Waals surface area contributed by atoms with E-state index in [-0.39, 0.29) is 0 Å². The highest BCUT2D eigenvalue weighted by atomic mass is 16.5. The maximum Gasteiger partial charge on any atom is 0.156 e. The van der Waals surface area contributed by atoms with Gasteiger partial charge in [-0.3, -0.25) is 4.68 Å². The Morgan fingerprint density at radius 2 is 2.06 bits per heavy atom. The van der Waals surface area contributed by atoms with E-state index in [9.17, 15) is 0 Å². The summed E-state index contributed by atoms with van der Waals surface area (Å²) in [5.74, 6) is 1.09. The molecular formula is C11H20N4O. The number of nitrogens with zero attached hydrogens (tertiary/aromatic N) is 3. The summed E-state index contributed by atoms with van der Waals surface area (Å²) in [5.41, 5.74) is 2.40. The van der Waals surface area contributed by atoms with Crippen LogP contribution in [0.15, 0.2) is 0 Å². The SMILES string of the molecule is COCc1c(N2CCNCC2)nn(C)c1C. The summed E-state index contributed by atoms with van der Waals surface area (Å²) in [6.07, 6.45) is 0. The molecule has 0 atom stereocenters. The monoisotopic (exact) mass is 224 g/mol. The van der Waals surface area contributed by atoms with Crippen molar-refractivity contribution in [2.45, 2.75) is 13.5 Å². The first kappa shape index (κ1) is 11.4. The number of methoxy groups -OCH3 is 1. The number of hydrogen-bond acceptors (Lipinski definition) is 4. The fourth-order valence-electron chi connectivity index (χ4n) is 2.08. The Bertz CT molecular complexity index is 355. The molecule has 0 aliphatic carbocycles. The van der Waals surface area contributed by atoms with Crippen LogP contribution in [0.3, 0.4) is 0 Å². The van der Waals surface area contributed by atoms with Crippen molar-refractivity contribution in [1.82, 2.24) is 15.1 Å². The molecule has 1 aromatic rings. The lowest BCUT2D eigenvalue weighted by molar-refractivity contribution is 0.184. The van der Waals surface area contributed by atoms with Gasteiger partial charge in [-0.25, -0.2) is 0 Å². The number of nitrogens with one attached hydrogen (secondary N) is 1. The Morgan fingerprint density at radius 3 is 2.69 bits per heavy atom. The minimum absolute atomic E-state index is 0.638. The molecule has 0 amide bonds. The third-order valence-electron chi connectivity index (χ3n) is 3.14. The normalized spacial score (nSPS) is 16.8. The van der Waals surface area contributed by atoms with E-state index in [0.29, 0.717) is 6.61 Å². The van der Waals surface area contributed by atoms with Gasteiger partial charge in [0.25, 0.3) is 0 Å². The third-order valence-corrected chi connectivity index (χ3v) is 3.14. The average Bonchev–Trinajstić information content (AvgIpc) is 2.59. The van der Waals surface area contributed by atoms with Crippen LogP contribution < -0.4 is 10.2 Å². The second kappa shape index (κ2) is 4.84. The van der Waals surface area contributed by atoms with Gasteiger partial charge >= 0.3 is 0 Å². The molecule has 5 heteroatoms. The number of aryl methyl sites for hydroxylation is 1. The zero-order chi connectivity index (χ0) is 11.5. The van der Waals surface area contributed by atoms with Crippen LogP contribution in [0.2, 0.25) is 0 Å². The third kappa shape index (κ3) is 2.05. The molecule has 2 heterocycles. The van der Waals surface area contributed by atoms with Gasteiger partial charge < -0.3 is 15.0 Å². The molecule has 1 aliphatic heterocycles. The fourth-order valence-corrected chi connectivity index (χ4v) is 2.08. The number of anilines is 1. The first-order chi connectivity index (χ1) is 7.74. The van der Waals surface area contributed by atoms with Crippen LogP contribution >= 0.6 is 0 Å². The zero-order valence-electron chi connectivity index (χ0n) is 10.3. The van der Waals surface area contributed by atoms with Gasteiger partial charge in [-0.15, -0.1) is 0 Å². The van der Waals surface area contributed by atoms with Gasteiger partial charge in [0.1, 0.15) is 0 Å². The maximum absolute atomic E-state index is 5.26. The number of rotatable bonds is 3. The summed E-state index contributed by atoms with van der Waals surface area (Å²) in [5, 5.41) is 7.94. The van der Waals surface area contributed by atoms with Crippen molar-refractivity contribution in [3.05, 3.63) is 11.3 Å². The minimum Gasteiger partial charge on any atom is -0.380 e. The molecule has 1 N–H and O–H groups in total. The molecule has 1 saturated heterocycles. The van der Waals surface area contributed by atoms with E-state index < -0.39 is 0 Å². The molecule has 0 aromatic carbocycles. The van der Waals surface area contributed by atoms with Crippen molar-refractivity contribution >= 4 is 5.82 Å². The van der Waals surface area contributed by atoms with E-state index >= 15 is 0 Å². The van der Waals surface area contributed by atoms with Crippen LogP contribution in [-0.2, 0) is 18.4 Å². The van der Waals surface area contributed by atoms with Gasteiger partial charge in [-0.1, -0.05) is 0 Å². The summed E-state index contributed by atoms with van der Waals surface area (Å²) < 4.78 is 7.19. The molecule has 5 nitrogen and oxygen atoms in total. The highest BCUT2D eigenvalue weighted by Crippen LogP contribution is 2.23. The van der Waals surface area contributed by atoms with Crippen LogP contribution in [0.1, 0.15) is 11.3 Å². The first-order valence-corrected chi connectivity index (χ1v) is 5.71. The van der Waals surface area contributed by atoms with Crippen molar-refractivity contribution < 1.29 is 4.74 Å². The lowest BCUT2D eigenvalue weighted by atomic mass is 10.2. The molecule has 0 bridgehead atoms. The molecule has 0 unspecified atom stereocenters. The highest BCUT2D eigenvalue weighted by molar-refractivity contribution is 5.49. The van der Waals surface area contributed by atoms with Gasteiger partial charge in [-0.2, -0.15) is 5.10 Å². The molecule has 1 aliphatic rings. The number of ether oxygens (including phenoxy) is 1. The predicted octanol–water partition coefficient (Wildman–Crippen LogP) is 0.285. The first-order valence-electron chi connectivity index (χ1n) is 5.71. The number of piperazine rings is 1. The fraction of sp³-hybridized carbons (Fsp3) is 0.727. The van der Waals surface area contributed by atoms with Crippen molar-refractivity contribution in [2.75, 3.05) is 38.2 Å². The second-order valence-electron chi connectivity index (χ2n) is 4.18.